The third kappa shape index (κ3) is 3.32. The van der Waals surface area contributed by atoms with E-state index in [1.54, 1.807) is 6.92 Å². The molecular formula is C12H17ClN4O. The lowest BCUT2D eigenvalue weighted by Crippen LogP contribution is -2.44. The van der Waals surface area contributed by atoms with E-state index in [4.69, 9.17) is 11.6 Å². The standard InChI is InChI=1S/C12H17ClN4O/c1-8-7-11(16-12(13)14-8)17-5-3-10(4-6-17)15-9(2)18/h7,10H,3-6H2,1-2H3,(H,15,18). The van der Waals surface area contributed by atoms with Gasteiger partial charge >= 0.3 is 0 Å². The number of hydrogen-bond donors (Lipinski definition) is 1. The minimum atomic E-state index is 0.0365. The number of anilines is 1. The summed E-state index contributed by atoms with van der Waals surface area (Å²) in [6.07, 6.45) is 1.86. The summed E-state index contributed by atoms with van der Waals surface area (Å²) in [5.74, 6) is 0.906. The Morgan fingerprint density at radius 2 is 2.11 bits per heavy atom. The fourth-order valence-corrected chi connectivity index (χ4v) is 2.44. The van der Waals surface area contributed by atoms with E-state index in [-0.39, 0.29) is 17.2 Å². The van der Waals surface area contributed by atoms with Crippen LogP contribution < -0.4 is 10.2 Å². The Labute approximate surface area is 112 Å². The molecule has 0 bridgehead atoms. The predicted molar refractivity (Wildman–Crippen MR) is 70.8 cm³/mol. The third-order valence-electron chi connectivity index (χ3n) is 3.04. The highest BCUT2D eigenvalue weighted by Crippen LogP contribution is 2.20. The highest BCUT2D eigenvalue weighted by atomic mass is 35.5. The van der Waals surface area contributed by atoms with E-state index in [1.807, 2.05) is 13.0 Å². The van der Waals surface area contributed by atoms with Crippen molar-refractivity contribution in [2.24, 2.45) is 0 Å². The fraction of sp³-hybridized carbons (Fsp3) is 0.583. The van der Waals surface area contributed by atoms with Gasteiger partial charge in [0, 0.05) is 37.8 Å². The van der Waals surface area contributed by atoms with Crippen molar-refractivity contribution in [1.29, 1.82) is 0 Å². The zero-order valence-corrected chi connectivity index (χ0v) is 11.4. The van der Waals surface area contributed by atoms with Crippen LogP contribution in [-0.4, -0.2) is 35.0 Å². The average molecular weight is 269 g/mol. The Balaban J connectivity index is 1.98. The fourth-order valence-electron chi connectivity index (χ4n) is 2.22. The molecule has 1 amide bonds. The van der Waals surface area contributed by atoms with Gasteiger partial charge in [0.2, 0.25) is 11.2 Å². The zero-order chi connectivity index (χ0) is 13.1. The normalized spacial score (nSPS) is 16.7. The van der Waals surface area contributed by atoms with Gasteiger partial charge in [0.05, 0.1) is 0 Å². The van der Waals surface area contributed by atoms with Gasteiger partial charge in [-0.1, -0.05) is 0 Å². The Bertz CT molecular complexity index is 423. The number of nitrogens with one attached hydrogen (secondary N) is 1. The molecule has 5 nitrogen and oxygen atoms in total. The lowest BCUT2D eigenvalue weighted by molar-refractivity contribution is -0.119. The van der Waals surface area contributed by atoms with Crippen molar-refractivity contribution in [2.75, 3.05) is 18.0 Å². The Morgan fingerprint density at radius 3 is 2.67 bits per heavy atom. The molecule has 2 heterocycles. The molecule has 1 aliphatic rings. The van der Waals surface area contributed by atoms with E-state index in [0.29, 0.717) is 0 Å². The number of piperidine rings is 1. The number of nitrogens with zero attached hydrogens (tertiary/aromatic N) is 3. The molecule has 18 heavy (non-hydrogen) atoms. The second kappa shape index (κ2) is 5.52. The monoisotopic (exact) mass is 268 g/mol. The van der Waals surface area contributed by atoms with Gasteiger partial charge in [0.15, 0.2) is 0 Å². The molecule has 1 fully saturated rings. The van der Waals surface area contributed by atoms with E-state index in [2.05, 4.69) is 20.2 Å². The van der Waals surface area contributed by atoms with Crippen molar-refractivity contribution in [3.63, 3.8) is 0 Å². The van der Waals surface area contributed by atoms with E-state index in [9.17, 15) is 4.79 Å². The molecule has 0 aliphatic carbocycles. The van der Waals surface area contributed by atoms with Crippen molar-refractivity contribution in [2.45, 2.75) is 32.7 Å². The average Bonchev–Trinajstić information content (AvgIpc) is 2.27. The molecule has 0 aromatic carbocycles. The first kappa shape index (κ1) is 13.1. The molecule has 2 rings (SSSR count). The van der Waals surface area contributed by atoms with Crippen LogP contribution in [0.4, 0.5) is 5.82 Å². The van der Waals surface area contributed by atoms with Crippen LogP contribution in [0.2, 0.25) is 5.28 Å². The highest BCUT2D eigenvalue weighted by Gasteiger charge is 2.21. The van der Waals surface area contributed by atoms with Gasteiger partial charge in [0.25, 0.3) is 0 Å². The summed E-state index contributed by atoms with van der Waals surface area (Å²) in [7, 11) is 0. The molecule has 0 saturated carbocycles. The van der Waals surface area contributed by atoms with Crippen molar-refractivity contribution < 1.29 is 4.79 Å². The van der Waals surface area contributed by atoms with E-state index in [0.717, 1.165) is 37.4 Å². The molecule has 0 spiro atoms. The number of hydrogen-bond acceptors (Lipinski definition) is 4. The van der Waals surface area contributed by atoms with Crippen LogP contribution in [-0.2, 0) is 4.79 Å². The smallest absolute Gasteiger partial charge is 0.224 e. The summed E-state index contributed by atoms with van der Waals surface area (Å²) in [5, 5.41) is 3.24. The number of rotatable bonds is 2. The van der Waals surface area contributed by atoms with E-state index >= 15 is 0 Å². The molecule has 1 aliphatic heterocycles. The Morgan fingerprint density at radius 1 is 1.44 bits per heavy atom. The molecular weight excluding hydrogens is 252 g/mol. The summed E-state index contributed by atoms with van der Waals surface area (Å²) in [6.45, 7) is 5.20. The first-order chi connectivity index (χ1) is 8.54. The minimum absolute atomic E-state index is 0.0365. The minimum Gasteiger partial charge on any atom is -0.356 e. The molecule has 0 atom stereocenters. The molecule has 0 radical (unpaired) electrons. The second-order valence-electron chi connectivity index (χ2n) is 4.60. The van der Waals surface area contributed by atoms with Gasteiger partial charge in [-0.05, 0) is 31.4 Å². The van der Waals surface area contributed by atoms with Crippen molar-refractivity contribution in [1.82, 2.24) is 15.3 Å². The first-order valence-corrected chi connectivity index (χ1v) is 6.45. The summed E-state index contributed by atoms with van der Waals surface area (Å²) in [4.78, 5) is 21.5. The number of halogens is 1. The van der Waals surface area contributed by atoms with Crippen LogP contribution in [0.25, 0.3) is 0 Å². The van der Waals surface area contributed by atoms with Crippen molar-refractivity contribution in [3.8, 4) is 0 Å². The van der Waals surface area contributed by atoms with Crippen LogP contribution >= 0.6 is 11.6 Å². The SMILES string of the molecule is CC(=O)NC1CCN(c2cc(C)nc(Cl)n2)CC1. The van der Waals surface area contributed by atoms with E-state index < -0.39 is 0 Å². The number of aryl methyl sites for hydroxylation is 1. The second-order valence-corrected chi connectivity index (χ2v) is 4.94. The maximum atomic E-state index is 11.0. The number of carbonyl (C=O) groups excluding carboxylic acids is 1. The molecule has 1 N–H and O–H groups in total. The quantitative estimate of drug-likeness (QED) is 0.827. The summed E-state index contributed by atoms with van der Waals surface area (Å²) < 4.78 is 0. The molecule has 1 aromatic heterocycles. The van der Waals surface area contributed by atoms with Gasteiger partial charge in [-0.25, -0.2) is 9.97 Å². The van der Waals surface area contributed by atoms with Gasteiger partial charge in [-0.15, -0.1) is 0 Å². The van der Waals surface area contributed by atoms with Gasteiger partial charge < -0.3 is 10.2 Å². The van der Waals surface area contributed by atoms with Crippen LogP contribution in [0.15, 0.2) is 6.07 Å². The zero-order valence-electron chi connectivity index (χ0n) is 10.6. The molecule has 1 aromatic rings. The van der Waals surface area contributed by atoms with Crippen LogP contribution in [0, 0.1) is 6.92 Å². The lowest BCUT2D eigenvalue weighted by Gasteiger charge is -2.33. The molecule has 0 unspecified atom stereocenters. The van der Waals surface area contributed by atoms with E-state index in [1.165, 1.54) is 0 Å². The Kier molecular flexibility index (Phi) is 4.01. The molecule has 1 saturated heterocycles. The van der Waals surface area contributed by atoms with Gasteiger partial charge in [0.1, 0.15) is 5.82 Å². The number of amides is 1. The summed E-state index contributed by atoms with van der Waals surface area (Å²) in [5.41, 5.74) is 0.869. The van der Waals surface area contributed by atoms with Crippen molar-refractivity contribution >= 4 is 23.3 Å². The summed E-state index contributed by atoms with van der Waals surface area (Å²) >= 11 is 5.86. The number of aromatic nitrogens is 2. The summed E-state index contributed by atoms with van der Waals surface area (Å²) in [6, 6.07) is 2.21. The van der Waals surface area contributed by atoms with Crippen LogP contribution in [0.5, 0.6) is 0 Å². The predicted octanol–water partition coefficient (Wildman–Crippen LogP) is 1.54. The lowest BCUT2D eigenvalue weighted by atomic mass is 10.1. The molecule has 6 heteroatoms. The topological polar surface area (TPSA) is 58.1 Å². The largest absolute Gasteiger partial charge is 0.356 e. The van der Waals surface area contributed by atoms with Crippen LogP contribution in [0.1, 0.15) is 25.5 Å². The van der Waals surface area contributed by atoms with Crippen LogP contribution in [0.3, 0.4) is 0 Å². The number of carbonyl (C=O) groups is 1. The maximum Gasteiger partial charge on any atom is 0.224 e. The third-order valence-corrected chi connectivity index (χ3v) is 3.21. The van der Waals surface area contributed by atoms with Crippen molar-refractivity contribution in [3.05, 3.63) is 17.0 Å². The maximum absolute atomic E-state index is 11.0. The first-order valence-electron chi connectivity index (χ1n) is 6.08. The molecule has 98 valence electrons. The highest BCUT2D eigenvalue weighted by molar-refractivity contribution is 6.28. The van der Waals surface area contributed by atoms with Gasteiger partial charge in [-0.2, -0.15) is 0 Å². The Hall–Kier alpha value is -1.36. The van der Waals surface area contributed by atoms with Gasteiger partial charge in [-0.3, -0.25) is 4.79 Å².